The van der Waals surface area contributed by atoms with Crippen molar-refractivity contribution in [3.05, 3.63) is 65.7 Å². The molecule has 0 heterocycles. The van der Waals surface area contributed by atoms with E-state index in [0.717, 1.165) is 5.56 Å². The van der Waals surface area contributed by atoms with Gasteiger partial charge in [0, 0.05) is 19.3 Å². The maximum absolute atomic E-state index is 13.0. The third-order valence-electron chi connectivity index (χ3n) is 4.94. The van der Waals surface area contributed by atoms with Crippen LogP contribution >= 0.6 is 0 Å². The fourth-order valence-electron chi connectivity index (χ4n) is 3.11. The van der Waals surface area contributed by atoms with E-state index in [1.807, 2.05) is 0 Å². The molecule has 33 heavy (non-hydrogen) atoms. The Bertz CT molecular complexity index is 965. The van der Waals surface area contributed by atoms with Crippen LogP contribution in [0.2, 0.25) is 0 Å². The summed E-state index contributed by atoms with van der Waals surface area (Å²) in [6, 6.07) is 11.4. The lowest BCUT2D eigenvalue weighted by atomic mass is 10.0. The predicted molar refractivity (Wildman–Crippen MR) is 120 cm³/mol. The van der Waals surface area contributed by atoms with Gasteiger partial charge < -0.3 is 32.3 Å². The number of carboxylic acid groups (broad SMARTS) is 1. The van der Waals surface area contributed by atoms with Gasteiger partial charge in [0.05, 0.1) is 6.04 Å². The molecule has 0 radical (unpaired) electrons. The highest BCUT2D eigenvalue weighted by molar-refractivity contribution is 5.92. The number of phenolic OH excluding ortho intramolecular Hbond substituents is 1. The molecular weight excluding hydrogens is 428 g/mol. The number of aliphatic carboxylic acids is 1. The van der Waals surface area contributed by atoms with Gasteiger partial charge in [0.15, 0.2) is 0 Å². The highest BCUT2D eigenvalue weighted by Crippen LogP contribution is 2.12. The summed E-state index contributed by atoms with van der Waals surface area (Å²) in [4.78, 5) is 48.2. The minimum atomic E-state index is -1.26. The van der Waals surface area contributed by atoms with E-state index >= 15 is 0 Å². The highest BCUT2D eigenvalue weighted by Gasteiger charge is 2.28. The van der Waals surface area contributed by atoms with Crippen LogP contribution in [0.1, 0.15) is 24.0 Å². The molecule has 2 aromatic rings. The number of carboxylic acids is 1. The van der Waals surface area contributed by atoms with Gasteiger partial charge in [-0.25, -0.2) is 4.79 Å². The Hall–Kier alpha value is -3.92. The van der Waals surface area contributed by atoms with Crippen molar-refractivity contribution in [3.8, 4) is 5.75 Å². The largest absolute Gasteiger partial charge is 0.508 e. The zero-order valence-corrected chi connectivity index (χ0v) is 17.9. The first-order valence-corrected chi connectivity index (χ1v) is 10.3. The number of carbonyl (C=O) groups excluding carboxylic acids is 3. The summed E-state index contributed by atoms with van der Waals surface area (Å²) < 4.78 is 0. The van der Waals surface area contributed by atoms with Crippen LogP contribution in [-0.2, 0) is 32.0 Å². The van der Waals surface area contributed by atoms with Crippen molar-refractivity contribution in [1.82, 2.24) is 10.6 Å². The average molecular weight is 456 g/mol. The molecule has 0 spiro atoms. The van der Waals surface area contributed by atoms with Gasteiger partial charge in [-0.2, -0.15) is 0 Å². The summed E-state index contributed by atoms with van der Waals surface area (Å²) in [5.74, 6) is -3.17. The summed E-state index contributed by atoms with van der Waals surface area (Å²) in [6.45, 7) is 0. The first-order chi connectivity index (χ1) is 15.7. The molecule has 0 aromatic heterocycles. The third-order valence-corrected chi connectivity index (χ3v) is 4.94. The van der Waals surface area contributed by atoms with Crippen LogP contribution in [0, 0.1) is 0 Å². The molecular formula is C23H28N4O6. The molecule has 10 nitrogen and oxygen atoms in total. The smallest absolute Gasteiger partial charge is 0.326 e. The van der Waals surface area contributed by atoms with Crippen molar-refractivity contribution in [1.29, 1.82) is 0 Å². The first-order valence-electron chi connectivity index (χ1n) is 10.3. The van der Waals surface area contributed by atoms with E-state index in [4.69, 9.17) is 11.5 Å². The van der Waals surface area contributed by atoms with Crippen LogP contribution < -0.4 is 22.1 Å². The lowest BCUT2D eigenvalue weighted by Gasteiger charge is -2.23. The number of rotatable bonds is 12. The maximum atomic E-state index is 13.0. The normalized spacial score (nSPS) is 13.4. The van der Waals surface area contributed by atoms with E-state index in [0.29, 0.717) is 5.56 Å². The van der Waals surface area contributed by atoms with Crippen molar-refractivity contribution in [2.75, 3.05) is 0 Å². The Labute approximate surface area is 191 Å². The number of carbonyl (C=O) groups is 4. The molecule has 8 N–H and O–H groups in total. The summed E-state index contributed by atoms with van der Waals surface area (Å²) in [7, 11) is 0. The molecule has 3 atom stereocenters. The van der Waals surface area contributed by atoms with E-state index < -0.39 is 41.8 Å². The molecule has 0 fully saturated rings. The topological polar surface area (TPSA) is 185 Å². The Morgan fingerprint density at radius 3 is 1.94 bits per heavy atom. The number of nitrogens with two attached hydrogens (primary N) is 2. The molecule has 0 saturated heterocycles. The Morgan fingerprint density at radius 1 is 0.818 bits per heavy atom. The number of phenols is 1. The molecule has 0 aliphatic heterocycles. The first kappa shape index (κ1) is 25.3. The lowest BCUT2D eigenvalue weighted by Crippen LogP contribution is -2.55. The average Bonchev–Trinajstić information content (AvgIpc) is 2.78. The van der Waals surface area contributed by atoms with Crippen LogP contribution in [0.4, 0.5) is 0 Å². The molecule has 176 valence electrons. The number of hydrogen-bond donors (Lipinski definition) is 6. The minimum absolute atomic E-state index is 0.0133. The summed E-state index contributed by atoms with van der Waals surface area (Å²) in [6.07, 6.45) is 0.00921. The van der Waals surface area contributed by atoms with E-state index in [1.54, 1.807) is 42.5 Å². The second-order valence-corrected chi connectivity index (χ2v) is 7.63. The fraction of sp³-hybridized carbons (Fsp3) is 0.304. The maximum Gasteiger partial charge on any atom is 0.326 e. The molecule has 2 rings (SSSR count). The van der Waals surface area contributed by atoms with Gasteiger partial charge in [-0.15, -0.1) is 0 Å². The molecule has 0 aliphatic rings. The van der Waals surface area contributed by atoms with Gasteiger partial charge in [0.25, 0.3) is 0 Å². The van der Waals surface area contributed by atoms with Crippen LogP contribution in [-0.4, -0.2) is 52.0 Å². The second kappa shape index (κ2) is 12.2. The van der Waals surface area contributed by atoms with Crippen LogP contribution in [0.15, 0.2) is 54.6 Å². The van der Waals surface area contributed by atoms with E-state index in [2.05, 4.69) is 10.6 Å². The molecule has 10 heteroatoms. The molecule has 0 saturated carbocycles. The second-order valence-electron chi connectivity index (χ2n) is 7.63. The number of nitrogens with one attached hydrogen (secondary N) is 2. The quantitative estimate of drug-likeness (QED) is 0.256. The molecule has 0 aliphatic carbocycles. The van der Waals surface area contributed by atoms with Crippen molar-refractivity contribution >= 4 is 23.7 Å². The number of amides is 3. The van der Waals surface area contributed by atoms with Gasteiger partial charge in [-0.1, -0.05) is 42.5 Å². The van der Waals surface area contributed by atoms with E-state index in [1.165, 1.54) is 12.1 Å². The lowest BCUT2D eigenvalue weighted by molar-refractivity contribution is -0.142. The van der Waals surface area contributed by atoms with E-state index in [-0.39, 0.29) is 31.4 Å². The van der Waals surface area contributed by atoms with Crippen LogP contribution in [0.5, 0.6) is 5.75 Å². The zero-order chi connectivity index (χ0) is 24.4. The number of aromatic hydroxyl groups is 1. The van der Waals surface area contributed by atoms with Gasteiger partial charge in [0.1, 0.15) is 17.8 Å². The molecule has 3 amide bonds. The predicted octanol–water partition coefficient (Wildman–Crippen LogP) is -0.176. The number of hydrogen-bond acceptors (Lipinski definition) is 6. The third kappa shape index (κ3) is 8.62. The summed E-state index contributed by atoms with van der Waals surface area (Å²) in [5, 5.41) is 24.0. The molecule has 0 unspecified atom stereocenters. The standard InChI is InChI=1S/C23H28N4O6/c24-17(10-11-20(25)29)21(30)26-18(12-14-4-2-1-3-5-14)22(31)27-19(23(32)33)13-15-6-8-16(28)9-7-15/h1-9,17-19,28H,10-13,24H2,(H2,25,29)(H,26,30)(H,27,31)(H,32,33)/t17-,18-,19-/m0/s1. The van der Waals surface area contributed by atoms with Gasteiger partial charge >= 0.3 is 5.97 Å². The molecule has 0 bridgehead atoms. The van der Waals surface area contributed by atoms with Gasteiger partial charge in [0.2, 0.25) is 17.7 Å². The van der Waals surface area contributed by atoms with Crippen molar-refractivity contribution < 1.29 is 29.4 Å². The van der Waals surface area contributed by atoms with Gasteiger partial charge in [-0.3, -0.25) is 14.4 Å². The zero-order valence-electron chi connectivity index (χ0n) is 17.9. The minimum Gasteiger partial charge on any atom is -0.508 e. The summed E-state index contributed by atoms with van der Waals surface area (Å²) in [5.41, 5.74) is 12.2. The fourth-order valence-corrected chi connectivity index (χ4v) is 3.11. The van der Waals surface area contributed by atoms with Crippen molar-refractivity contribution in [2.45, 2.75) is 43.8 Å². The number of benzene rings is 2. The van der Waals surface area contributed by atoms with Gasteiger partial charge in [-0.05, 0) is 29.7 Å². The molecule has 2 aromatic carbocycles. The summed E-state index contributed by atoms with van der Waals surface area (Å²) >= 11 is 0. The van der Waals surface area contributed by atoms with Crippen molar-refractivity contribution in [2.24, 2.45) is 11.5 Å². The SMILES string of the molecule is NC(=O)CC[C@H](N)C(=O)N[C@@H](Cc1ccccc1)C(=O)N[C@@H](Cc1ccc(O)cc1)C(=O)O. The van der Waals surface area contributed by atoms with E-state index in [9.17, 15) is 29.4 Å². The van der Waals surface area contributed by atoms with Crippen molar-refractivity contribution in [3.63, 3.8) is 0 Å². The Morgan fingerprint density at radius 2 is 1.36 bits per heavy atom. The Kier molecular flexibility index (Phi) is 9.37. The van der Waals surface area contributed by atoms with Crippen LogP contribution in [0.25, 0.3) is 0 Å². The Balaban J connectivity index is 2.14. The highest BCUT2D eigenvalue weighted by atomic mass is 16.4. The monoisotopic (exact) mass is 456 g/mol. The number of primary amides is 1. The van der Waals surface area contributed by atoms with Crippen LogP contribution in [0.3, 0.4) is 0 Å².